The zero-order chi connectivity index (χ0) is 23.8. The molecule has 0 fully saturated rings. The van der Waals surface area contributed by atoms with E-state index in [1.165, 1.54) is 6.08 Å². The van der Waals surface area contributed by atoms with Crippen molar-refractivity contribution in [2.45, 2.75) is 78.2 Å². The number of amides is 1. The topological polar surface area (TPSA) is 80.3 Å². The predicted molar refractivity (Wildman–Crippen MR) is 129 cm³/mol. The number of hydrogen-bond acceptors (Lipinski definition) is 4. The van der Waals surface area contributed by atoms with Crippen LogP contribution >= 0.6 is 0 Å². The molecule has 0 aromatic carbocycles. The normalized spacial score (nSPS) is 26.4. The number of unbranched alkanes of at least 4 members (excludes halogenated alkanes) is 1. The second-order valence-corrected chi connectivity index (χ2v) is 8.21. The molecule has 2 atom stereocenters. The van der Waals surface area contributed by atoms with Crippen molar-refractivity contribution in [2.24, 2.45) is 5.92 Å². The van der Waals surface area contributed by atoms with Gasteiger partial charge in [0.15, 0.2) is 0 Å². The number of carbonyl (C=O) groups is 4. The van der Waals surface area contributed by atoms with Gasteiger partial charge in [0.2, 0.25) is 17.5 Å². The summed E-state index contributed by atoms with van der Waals surface area (Å²) >= 11 is 0. The quantitative estimate of drug-likeness (QED) is 0.486. The van der Waals surface area contributed by atoms with Gasteiger partial charge in [-0.15, -0.1) is 0 Å². The van der Waals surface area contributed by atoms with E-state index < -0.39 is 23.3 Å². The van der Waals surface area contributed by atoms with Crippen LogP contribution in [0.15, 0.2) is 60.3 Å². The standard InChI is InChI=1S/C27H37NO4/c1-4-5-6-7-17-23-18-11-8-14-21(2)15-9-12-19-24(29)27(32)26(31)22(3)16-10-13-20-25(30)28-23/h6-9,11,13-15,20,22-23H,4-5,10,12,16-19H2,1-3H3,(H,28,30)/b7-6?,11-8?,15-9+,20-13+,21-14+. The summed E-state index contributed by atoms with van der Waals surface area (Å²) in [7, 11) is 0. The van der Waals surface area contributed by atoms with Gasteiger partial charge in [0.25, 0.3) is 5.78 Å². The minimum Gasteiger partial charge on any atom is -0.349 e. The number of nitrogens with one attached hydrogen (secondary N) is 1. The molecular weight excluding hydrogens is 402 g/mol. The Kier molecular flexibility index (Phi) is 13.5. The van der Waals surface area contributed by atoms with Crippen molar-refractivity contribution in [1.29, 1.82) is 0 Å². The Morgan fingerprint density at radius 3 is 2.53 bits per heavy atom. The van der Waals surface area contributed by atoms with Crippen molar-refractivity contribution in [3.05, 3.63) is 60.3 Å². The summed E-state index contributed by atoms with van der Waals surface area (Å²) in [5, 5.41) is 3.03. The first-order chi connectivity index (χ1) is 15.3. The van der Waals surface area contributed by atoms with E-state index >= 15 is 0 Å². The lowest BCUT2D eigenvalue weighted by molar-refractivity contribution is -0.145. The Labute approximate surface area is 192 Å². The fourth-order valence-corrected chi connectivity index (χ4v) is 3.15. The zero-order valence-electron chi connectivity index (χ0n) is 19.6. The Hall–Kier alpha value is -2.82. The monoisotopic (exact) mass is 439 g/mol. The highest BCUT2D eigenvalue weighted by Gasteiger charge is 2.26. The first-order valence-corrected chi connectivity index (χ1v) is 11.6. The molecule has 1 amide bonds. The first-order valence-electron chi connectivity index (χ1n) is 11.6. The molecule has 1 heterocycles. The molecule has 174 valence electrons. The van der Waals surface area contributed by atoms with Crippen LogP contribution in [0.5, 0.6) is 0 Å². The summed E-state index contributed by atoms with van der Waals surface area (Å²) in [6.07, 6.45) is 22.0. The maximum Gasteiger partial charge on any atom is 0.264 e. The molecule has 0 aromatic heterocycles. The summed E-state index contributed by atoms with van der Waals surface area (Å²) in [5.74, 6) is -2.94. The van der Waals surface area contributed by atoms with Gasteiger partial charge < -0.3 is 5.32 Å². The smallest absolute Gasteiger partial charge is 0.264 e. The van der Waals surface area contributed by atoms with Gasteiger partial charge in [-0.25, -0.2) is 0 Å². The van der Waals surface area contributed by atoms with E-state index in [4.69, 9.17) is 0 Å². The molecule has 0 bridgehead atoms. The average molecular weight is 440 g/mol. The van der Waals surface area contributed by atoms with E-state index in [0.29, 0.717) is 25.7 Å². The second kappa shape index (κ2) is 15.9. The van der Waals surface area contributed by atoms with Crippen molar-refractivity contribution in [2.75, 3.05) is 0 Å². The van der Waals surface area contributed by atoms with Crippen molar-refractivity contribution in [3.63, 3.8) is 0 Å². The lowest BCUT2D eigenvalue weighted by atomic mass is 9.94. The minimum atomic E-state index is -0.920. The summed E-state index contributed by atoms with van der Waals surface area (Å²) in [6.45, 7) is 5.72. The maximum atomic E-state index is 12.3. The molecule has 0 saturated carbocycles. The average Bonchev–Trinajstić information content (AvgIpc) is 2.77. The van der Waals surface area contributed by atoms with E-state index in [0.717, 1.165) is 24.8 Å². The molecule has 2 unspecified atom stereocenters. The van der Waals surface area contributed by atoms with E-state index in [1.54, 1.807) is 13.0 Å². The molecule has 5 nitrogen and oxygen atoms in total. The summed E-state index contributed by atoms with van der Waals surface area (Å²) in [6, 6.07) is -0.00418. The zero-order valence-corrected chi connectivity index (χ0v) is 19.6. The summed E-state index contributed by atoms with van der Waals surface area (Å²) in [5.41, 5.74) is 1.01. The van der Waals surface area contributed by atoms with E-state index in [2.05, 4.69) is 24.4 Å². The fourth-order valence-electron chi connectivity index (χ4n) is 3.15. The molecule has 1 N–H and O–H groups in total. The molecule has 0 spiro atoms. The van der Waals surface area contributed by atoms with Crippen LogP contribution in [0.2, 0.25) is 0 Å². The molecule has 0 aliphatic carbocycles. The van der Waals surface area contributed by atoms with Crippen LogP contribution in [0.1, 0.15) is 72.1 Å². The van der Waals surface area contributed by atoms with Gasteiger partial charge in [-0.1, -0.05) is 74.4 Å². The third kappa shape index (κ3) is 11.5. The highest BCUT2D eigenvalue weighted by Crippen LogP contribution is 2.11. The molecule has 1 rings (SSSR count). The van der Waals surface area contributed by atoms with E-state index in [1.807, 2.05) is 37.3 Å². The molecule has 0 saturated heterocycles. The number of ketones is 3. The Morgan fingerprint density at radius 1 is 1.03 bits per heavy atom. The third-order valence-corrected chi connectivity index (χ3v) is 5.18. The molecule has 0 radical (unpaired) electrons. The van der Waals surface area contributed by atoms with Crippen LogP contribution in [-0.2, 0) is 19.2 Å². The van der Waals surface area contributed by atoms with Gasteiger partial charge in [0.1, 0.15) is 0 Å². The van der Waals surface area contributed by atoms with Gasteiger partial charge in [0, 0.05) is 18.4 Å². The Balaban J connectivity index is 2.93. The van der Waals surface area contributed by atoms with Gasteiger partial charge in [-0.3, -0.25) is 19.2 Å². The molecule has 1 aliphatic heterocycles. The van der Waals surface area contributed by atoms with Crippen LogP contribution in [0.25, 0.3) is 0 Å². The van der Waals surface area contributed by atoms with E-state index in [9.17, 15) is 19.2 Å². The molecule has 32 heavy (non-hydrogen) atoms. The highest BCUT2D eigenvalue weighted by atomic mass is 16.2. The number of rotatable bonds is 4. The van der Waals surface area contributed by atoms with Gasteiger partial charge in [-0.05, 0) is 51.5 Å². The lowest BCUT2D eigenvalue weighted by Crippen LogP contribution is -2.32. The summed E-state index contributed by atoms with van der Waals surface area (Å²) in [4.78, 5) is 48.6. The Bertz CT molecular complexity index is 798. The molecule has 0 aromatic rings. The Morgan fingerprint density at radius 2 is 1.78 bits per heavy atom. The SMILES string of the molecule is CCCC=CCC1CC=C/C=C(C)/C=C/CCC(=O)C(=O)C(=O)C(C)CC/C=C/C(=O)N1. The number of allylic oxidation sites excluding steroid dienone is 7. The third-order valence-electron chi connectivity index (χ3n) is 5.18. The van der Waals surface area contributed by atoms with Crippen LogP contribution in [0, 0.1) is 5.92 Å². The van der Waals surface area contributed by atoms with Crippen LogP contribution < -0.4 is 5.32 Å². The van der Waals surface area contributed by atoms with Crippen LogP contribution in [-0.4, -0.2) is 29.3 Å². The number of Topliss-reactive ketones (excluding diaryl/α,β-unsaturated/α-hetero) is 3. The summed E-state index contributed by atoms with van der Waals surface area (Å²) < 4.78 is 0. The predicted octanol–water partition coefficient (Wildman–Crippen LogP) is 5.14. The first kappa shape index (κ1) is 27.2. The fraction of sp³-hybridized carbons (Fsp3) is 0.481. The van der Waals surface area contributed by atoms with Gasteiger partial charge in [0.05, 0.1) is 0 Å². The molecule has 1 aliphatic rings. The van der Waals surface area contributed by atoms with Crippen molar-refractivity contribution < 1.29 is 19.2 Å². The van der Waals surface area contributed by atoms with Crippen LogP contribution in [0.3, 0.4) is 0 Å². The van der Waals surface area contributed by atoms with E-state index in [-0.39, 0.29) is 18.4 Å². The molecular formula is C27H37NO4. The minimum absolute atomic E-state index is 0.00418. The number of hydrogen-bond donors (Lipinski definition) is 1. The van der Waals surface area contributed by atoms with Crippen molar-refractivity contribution in [3.8, 4) is 0 Å². The van der Waals surface area contributed by atoms with Crippen molar-refractivity contribution in [1.82, 2.24) is 5.32 Å². The van der Waals surface area contributed by atoms with Gasteiger partial charge in [-0.2, -0.15) is 0 Å². The van der Waals surface area contributed by atoms with Crippen LogP contribution in [0.4, 0.5) is 0 Å². The number of carbonyl (C=O) groups excluding carboxylic acids is 4. The maximum absolute atomic E-state index is 12.3. The highest BCUT2D eigenvalue weighted by molar-refractivity contribution is 6.64. The second-order valence-electron chi connectivity index (χ2n) is 8.21. The largest absolute Gasteiger partial charge is 0.349 e. The van der Waals surface area contributed by atoms with Crippen molar-refractivity contribution >= 4 is 23.3 Å². The molecule has 5 heteroatoms. The lowest BCUT2D eigenvalue weighted by Gasteiger charge is -2.14. The van der Waals surface area contributed by atoms with Gasteiger partial charge >= 0.3 is 0 Å².